The molecule has 0 bridgehead atoms. The molecular formula is C11H23NO2. The molecule has 3 heteroatoms. The molecular weight excluding hydrogens is 178 g/mol. The lowest BCUT2D eigenvalue weighted by Gasteiger charge is -2.11. The molecule has 1 heterocycles. The molecule has 1 N–H and O–H groups in total. The van der Waals surface area contributed by atoms with Crippen molar-refractivity contribution < 1.29 is 9.47 Å². The SMILES string of the molecule is CC(C)COCCOC[C@@H]1CCCN1. The molecule has 0 radical (unpaired) electrons. The second-order valence-corrected chi connectivity index (χ2v) is 4.34. The smallest absolute Gasteiger partial charge is 0.0701 e. The second kappa shape index (κ2) is 7.21. The van der Waals surface area contributed by atoms with Crippen LogP contribution in [0, 0.1) is 5.92 Å². The van der Waals surface area contributed by atoms with Gasteiger partial charge in [0, 0.05) is 12.6 Å². The molecule has 0 unspecified atom stereocenters. The number of ether oxygens (including phenoxy) is 2. The van der Waals surface area contributed by atoms with Gasteiger partial charge in [-0.15, -0.1) is 0 Å². The lowest BCUT2D eigenvalue weighted by molar-refractivity contribution is 0.0320. The summed E-state index contributed by atoms with van der Waals surface area (Å²) in [5.41, 5.74) is 0. The summed E-state index contributed by atoms with van der Waals surface area (Å²) in [6.07, 6.45) is 2.55. The van der Waals surface area contributed by atoms with Crippen molar-refractivity contribution in [3.63, 3.8) is 0 Å². The van der Waals surface area contributed by atoms with Gasteiger partial charge in [-0.2, -0.15) is 0 Å². The monoisotopic (exact) mass is 201 g/mol. The minimum Gasteiger partial charge on any atom is -0.379 e. The van der Waals surface area contributed by atoms with E-state index in [9.17, 15) is 0 Å². The van der Waals surface area contributed by atoms with E-state index in [2.05, 4.69) is 19.2 Å². The Labute approximate surface area is 87.2 Å². The highest BCUT2D eigenvalue weighted by Crippen LogP contribution is 2.04. The summed E-state index contributed by atoms with van der Waals surface area (Å²) in [6.45, 7) is 8.59. The molecule has 3 nitrogen and oxygen atoms in total. The van der Waals surface area contributed by atoms with Gasteiger partial charge in [-0.25, -0.2) is 0 Å². The first-order chi connectivity index (χ1) is 6.79. The Kier molecular flexibility index (Phi) is 6.15. The second-order valence-electron chi connectivity index (χ2n) is 4.34. The molecule has 1 atom stereocenters. The highest BCUT2D eigenvalue weighted by Gasteiger charge is 2.13. The first-order valence-corrected chi connectivity index (χ1v) is 5.68. The molecule has 0 aromatic heterocycles. The van der Waals surface area contributed by atoms with Crippen molar-refractivity contribution in [1.82, 2.24) is 5.32 Å². The molecule has 1 aliphatic rings. The van der Waals surface area contributed by atoms with Crippen LogP contribution in [0.25, 0.3) is 0 Å². The van der Waals surface area contributed by atoms with E-state index in [0.29, 0.717) is 12.0 Å². The van der Waals surface area contributed by atoms with E-state index >= 15 is 0 Å². The molecule has 0 amide bonds. The van der Waals surface area contributed by atoms with Gasteiger partial charge in [0.1, 0.15) is 0 Å². The van der Waals surface area contributed by atoms with Gasteiger partial charge >= 0.3 is 0 Å². The maximum absolute atomic E-state index is 5.51. The molecule has 0 aliphatic carbocycles. The largest absolute Gasteiger partial charge is 0.379 e. The average molecular weight is 201 g/mol. The molecule has 1 fully saturated rings. The molecule has 1 aliphatic heterocycles. The van der Waals surface area contributed by atoms with Gasteiger partial charge < -0.3 is 14.8 Å². The molecule has 0 aromatic rings. The quantitative estimate of drug-likeness (QED) is 0.632. The summed E-state index contributed by atoms with van der Waals surface area (Å²) >= 11 is 0. The lowest BCUT2D eigenvalue weighted by Crippen LogP contribution is -2.27. The summed E-state index contributed by atoms with van der Waals surface area (Å²) in [5, 5.41) is 3.40. The standard InChI is InChI=1S/C11H23NO2/c1-10(2)8-13-6-7-14-9-11-4-3-5-12-11/h10-12H,3-9H2,1-2H3/t11-/m0/s1. The first-order valence-electron chi connectivity index (χ1n) is 5.68. The van der Waals surface area contributed by atoms with Gasteiger partial charge in [0.25, 0.3) is 0 Å². The van der Waals surface area contributed by atoms with Crippen LogP contribution in [-0.4, -0.2) is 39.0 Å². The van der Waals surface area contributed by atoms with Crippen LogP contribution in [0.2, 0.25) is 0 Å². The van der Waals surface area contributed by atoms with Crippen molar-refractivity contribution in [2.75, 3.05) is 33.0 Å². The van der Waals surface area contributed by atoms with Crippen molar-refractivity contribution in [2.45, 2.75) is 32.7 Å². The van der Waals surface area contributed by atoms with Gasteiger partial charge in [0.05, 0.1) is 19.8 Å². The molecule has 1 rings (SSSR count). The van der Waals surface area contributed by atoms with Gasteiger partial charge in [-0.1, -0.05) is 13.8 Å². The highest BCUT2D eigenvalue weighted by atomic mass is 16.5. The predicted octanol–water partition coefficient (Wildman–Crippen LogP) is 1.43. The summed E-state index contributed by atoms with van der Waals surface area (Å²) < 4.78 is 10.9. The van der Waals surface area contributed by atoms with E-state index in [-0.39, 0.29) is 0 Å². The van der Waals surface area contributed by atoms with E-state index in [1.807, 2.05) is 0 Å². The number of hydrogen-bond donors (Lipinski definition) is 1. The Morgan fingerprint density at radius 1 is 1.29 bits per heavy atom. The lowest BCUT2D eigenvalue weighted by atomic mass is 10.2. The molecule has 1 saturated heterocycles. The van der Waals surface area contributed by atoms with Crippen LogP contribution in [0.3, 0.4) is 0 Å². The molecule has 14 heavy (non-hydrogen) atoms. The molecule has 0 saturated carbocycles. The van der Waals surface area contributed by atoms with Crippen LogP contribution in [-0.2, 0) is 9.47 Å². The van der Waals surface area contributed by atoms with E-state index in [4.69, 9.17) is 9.47 Å². The average Bonchev–Trinajstić information content (AvgIpc) is 2.63. The van der Waals surface area contributed by atoms with Gasteiger partial charge in [0.15, 0.2) is 0 Å². The van der Waals surface area contributed by atoms with Gasteiger partial charge in [-0.3, -0.25) is 0 Å². The summed E-state index contributed by atoms with van der Waals surface area (Å²) in [5.74, 6) is 0.617. The number of rotatable bonds is 7. The minimum atomic E-state index is 0.583. The Bertz CT molecular complexity index is 133. The Hall–Kier alpha value is -0.120. The van der Waals surface area contributed by atoms with E-state index in [1.54, 1.807) is 0 Å². The van der Waals surface area contributed by atoms with Crippen molar-refractivity contribution in [3.05, 3.63) is 0 Å². The minimum absolute atomic E-state index is 0.583. The maximum atomic E-state index is 5.51. The van der Waals surface area contributed by atoms with Crippen LogP contribution in [0.15, 0.2) is 0 Å². The highest BCUT2D eigenvalue weighted by molar-refractivity contribution is 4.73. The third-order valence-corrected chi connectivity index (χ3v) is 2.30. The van der Waals surface area contributed by atoms with Crippen molar-refractivity contribution in [3.8, 4) is 0 Å². The summed E-state index contributed by atoms with van der Waals surface area (Å²) in [6, 6.07) is 0.583. The van der Waals surface area contributed by atoms with Gasteiger partial charge in [0.2, 0.25) is 0 Å². The van der Waals surface area contributed by atoms with E-state index < -0.39 is 0 Å². The summed E-state index contributed by atoms with van der Waals surface area (Å²) in [7, 11) is 0. The topological polar surface area (TPSA) is 30.5 Å². The third kappa shape index (κ3) is 5.58. The van der Waals surface area contributed by atoms with Crippen LogP contribution < -0.4 is 5.32 Å². The fourth-order valence-electron chi connectivity index (χ4n) is 1.56. The fourth-order valence-corrected chi connectivity index (χ4v) is 1.56. The van der Waals surface area contributed by atoms with Crippen molar-refractivity contribution >= 4 is 0 Å². The Balaban J connectivity index is 1.79. The summed E-state index contributed by atoms with van der Waals surface area (Å²) in [4.78, 5) is 0. The molecule has 84 valence electrons. The maximum Gasteiger partial charge on any atom is 0.0701 e. The number of nitrogens with one attached hydrogen (secondary N) is 1. The first kappa shape index (κ1) is 12.0. The van der Waals surface area contributed by atoms with Gasteiger partial charge in [-0.05, 0) is 25.3 Å². The molecule has 0 spiro atoms. The number of hydrogen-bond acceptors (Lipinski definition) is 3. The predicted molar refractivity (Wildman–Crippen MR) is 57.5 cm³/mol. The van der Waals surface area contributed by atoms with Crippen molar-refractivity contribution in [2.24, 2.45) is 5.92 Å². The normalized spacial score (nSPS) is 22.1. The zero-order valence-corrected chi connectivity index (χ0v) is 9.42. The van der Waals surface area contributed by atoms with Crippen LogP contribution in [0.5, 0.6) is 0 Å². The zero-order valence-electron chi connectivity index (χ0n) is 9.42. The third-order valence-electron chi connectivity index (χ3n) is 2.30. The Morgan fingerprint density at radius 2 is 2.07 bits per heavy atom. The zero-order chi connectivity index (χ0) is 10.2. The van der Waals surface area contributed by atoms with Crippen LogP contribution >= 0.6 is 0 Å². The fraction of sp³-hybridized carbons (Fsp3) is 1.00. The van der Waals surface area contributed by atoms with Crippen molar-refractivity contribution in [1.29, 1.82) is 0 Å². The van der Waals surface area contributed by atoms with E-state index in [1.165, 1.54) is 12.8 Å². The van der Waals surface area contributed by atoms with Crippen LogP contribution in [0.4, 0.5) is 0 Å². The Morgan fingerprint density at radius 3 is 2.71 bits per heavy atom. The van der Waals surface area contributed by atoms with E-state index in [0.717, 1.165) is 33.0 Å². The molecule has 0 aromatic carbocycles. The van der Waals surface area contributed by atoms with Crippen LogP contribution in [0.1, 0.15) is 26.7 Å².